The second-order valence-electron chi connectivity index (χ2n) is 8.61. The molecule has 4 bridgehead atoms. The van der Waals surface area contributed by atoms with Crippen molar-refractivity contribution in [2.45, 2.75) is 38.5 Å². The van der Waals surface area contributed by atoms with E-state index in [1.54, 1.807) is 12.1 Å². The van der Waals surface area contributed by atoms with Gasteiger partial charge in [-0.3, -0.25) is 9.59 Å². The molecule has 4 aliphatic carbocycles. The van der Waals surface area contributed by atoms with E-state index in [0.29, 0.717) is 40.6 Å². The van der Waals surface area contributed by atoms with E-state index < -0.39 is 0 Å². The fourth-order valence-corrected chi connectivity index (χ4v) is 5.97. The zero-order valence-electron chi connectivity index (χ0n) is 16.8. The lowest BCUT2D eigenvalue weighted by Gasteiger charge is -2.55. The summed E-state index contributed by atoms with van der Waals surface area (Å²) in [5.41, 5.74) is 0.0115. The van der Waals surface area contributed by atoms with Gasteiger partial charge in [0.25, 0.3) is 0 Å². The Morgan fingerprint density at radius 3 is 1.82 bits per heavy atom. The molecule has 0 heterocycles. The van der Waals surface area contributed by atoms with E-state index in [1.807, 2.05) is 0 Å². The van der Waals surface area contributed by atoms with E-state index in [2.05, 4.69) is 0 Å². The lowest BCUT2D eigenvalue weighted by atomic mass is 9.49. The van der Waals surface area contributed by atoms with Crippen molar-refractivity contribution in [3.63, 3.8) is 0 Å². The van der Waals surface area contributed by atoms with Crippen LogP contribution < -0.4 is 14.2 Å². The van der Waals surface area contributed by atoms with Gasteiger partial charge in [-0.15, -0.1) is 0 Å². The third kappa shape index (κ3) is 3.23. The molecule has 152 valence electrons. The van der Waals surface area contributed by atoms with Gasteiger partial charge in [0.05, 0.1) is 26.7 Å². The number of methoxy groups -OCH3 is 3. The Bertz CT molecular complexity index is 723. The molecule has 0 unspecified atom stereocenters. The summed E-state index contributed by atoms with van der Waals surface area (Å²) in [5, 5.41) is 0. The number of benzene rings is 1. The van der Waals surface area contributed by atoms with Crippen LogP contribution in [0.15, 0.2) is 12.1 Å². The average molecular weight is 388 g/mol. The number of hydrogen-bond acceptors (Lipinski definition) is 6. The van der Waals surface area contributed by atoms with Crippen LogP contribution >= 0.6 is 0 Å². The van der Waals surface area contributed by atoms with Crippen molar-refractivity contribution in [3.05, 3.63) is 17.7 Å². The first-order valence-electron chi connectivity index (χ1n) is 9.98. The first-order valence-corrected chi connectivity index (χ1v) is 9.98. The molecule has 4 fully saturated rings. The molecule has 0 radical (unpaired) electrons. The number of ether oxygens (including phenoxy) is 4. The van der Waals surface area contributed by atoms with Gasteiger partial charge in [0.2, 0.25) is 11.5 Å². The maximum atomic E-state index is 12.9. The van der Waals surface area contributed by atoms with Crippen molar-refractivity contribution < 1.29 is 28.5 Å². The molecular weight excluding hydrogens is 360 g/mol. The van der Waals surface area contributed by atoms with Crippen LogP contribution in [0.2, 0.25) is 0 Å². The van der Waals surface area contributed by atoms with Crippen LogP contribution in [0.4, 0.5) is 0 Å². The number of Topliss-reactive ketones (excluding diaryl/α,β-unsaturated/α-hetero) is 1. The highest BCUT2D eigenvalue weighted by Crippen LogP contribution is 2.60. The Hall–Kier alpha value is -2.24. The molecule has 4 saturated carbocycles. The molecule has 5 rings (SSSR count). The van der Waals surface area contributed by atoms with E-state index in [9.17, 15) is 9.59 Å². The standard InChI is InChI=1S/C22H28O6/c1-25-18-7-16(8-19(26-2)20(18)27-3)17(23)12-28-21(24)22-9-13-4-14(10-22)6-15(5-13)11-22/h7-8,13-15H,4-6,9-12H2,1-3H3. The number of ketones is 1. The molecule has 0 amide bonds. The smallest absolute Gasteiger partial charge is 0.312 e. The molecule has 1 aromatic carbocycles. The summed E-state index contributed by atoms with van der Waals surface area (Å²) in [7, 11) is 4.51. The average Bonchev–Trinajstić information content (AvgIpc) is 2.69. The summed E-state index contributed by atoms with van der Waals surface area (Å²) in [5.74, 6) is 2.73. The lowest BCUT2D eigenvalue weighted by molar-refractivity contribution is -0.170. The van der Waals surface area contributed by atoms with E-state index in [-0.39, 0.29) is 23.8 Å². The zero-order valence-corrected chi connectivity index (χ0v) is 16.8. The molecule has 6 nitrogen and oxygen atoms in total. The number of hydrogen-bond donors (Lipinski definition) is 0. The van der Waals surface area contributed by atoms with Crippen molar-refractivity contribution >= 4 is 11.8 Å². The predicted molar refractivity (Wildman–Crippen MR) is 102 cm³/mol. The molecule has 0 aromatic heterocycles. The zero-order chi connectivity index (χ0) is 19.9. The van der Waals surface area contributed by atoms with E-state index in [1.165, 1.54) is 40.6 Å². The van der Waals surface area contributed by atoms with Crippen molar-refractivity contribution in [1.29, 1.82) is 0 Å². The van der Waals surface area contributed by atoms with Gasteiger partial charge in [-0.1, -0.05) is 0 Å². The molecule has 0 saturated heterocycles. The largest absolute Gasteiger partial charge is 0.493 e. The van der Waals surface area contributed by atoms with Crippen LogP contribution in [0.25, 0.3) is 0 Å². The number of esters is 1. The van der Waals surface area contributed by atoms with Gasteiger partial charge in [0.15, 0.2) is 18.1 Å². The first kappa shape index (κ1) is 19.1. The highest BCUT2D eigenvalue weighted by Gasteiger charge is 2.55. The molecular formula is C22H28O6. The Morgan fingerprint density at radius 2 is 1.39 bits per heavy atom. The minimum atomic E-state index is -0.357. The Labute approximate surface area is 165 Å². The van der Waals surface area contributed by atoms with E-state index in [0.717, 1.165) is 19.3 Å². The Morgan fingerprint density at radius 1 is 0.893 bits per heavy atom. The van der Waals surface area contributed by atoms with Crippen LogP contribution in [0.1, 0.15) is 48.9 Å². The lowest BCUT2D eigenvalue weighted by Crippen LogP contribution is -2.50. The summed E-state index contributed by atoms with van der Waals surface area (Å²) in [6.45, 7) is -0.265. The van der Waals surface area contributed by atoms with Crippen LogP contribution in [0.5, 0.6) is 17.2 Å². The van der Waals surface area contributed by atoms with Gasteiger partial charge >= 0.3 is 5.97 Å². The van der Waals surface area contributed by atoms with Crippen LogP contribution in [-0.4, -0.2) is 39.7 Å². The van der Waals surface area contributed by atoms with Crippen LogP contribution in [-0.2, 0) is 9.53 Å². The first-order chi connectivity index (χ1) is 13.5. The second-order valence-corrected chi connectivity index (χ2v) is 8.61. The van der Waals surface area contributed by atoms with E-state index >= 15 is 0 Å². The van der Waals surface area contributed by atoms with Gasteiger partial charge < -0.3 is 18.9 Å². The maximum absolute atomic E-state index is 12.9. The van der Waals surface area contributed by atoms with Crippen molar-refractivity contribution in [2.75, 3.05) is 27.9 Å². The predicted octanol–water partition coefficient (Wildman–Crippen LogP) is 3.65. The van der Waals surface area contributed by atoms with Crippen LogP contribution in [0.3, 0.4) is 0 Å². The summed E-state index contributed by atoms with van der Waals surface area (Å²) < 4.78 is 21.4. The number of carbonyl (C=O) groups is 2. The molecule has 4 aliphatic rings. The summed E-state index contributed by atoms with van der Waals surface area (Å²) >= 11 is 0. The number of rotatable bonds is 7. The third-order valence-electron chi connectivity index (χ3n) is 6.79. The summed E-state index contributed by atoms with van der Waals surface area (Å²) in [6, 6.07) is 3.17. The maximum Gasteiger partial charge on any atom is 0.312 e. The highest BCUT2D eigenvalue weighted by atomic mass is 16.5. The third-order valence-corrected chi connectivity index (χ3v) is 6.79. The monoisotopic (exact) mass is 388 g/mol. The summed E-state index contributed by atoms with van der Waals surface area (Å²) in [4.78, 5) is 25.6. The van der Waals surface area contributed by atoms with Gasteiger partial charge in [-0.05, 0) is 68.4 Å². The Kier molecular flexibility index (Phi) is 4.98. The fourth-order valence-electron chi connectivity index (χ4n) is 5.97. The topological polar surface area (TPSA) is 71.1 Å². The molecule has 0 N–H and O–H groups in total. The van der Waals surface area contributed by atoms with E-state index in [4.69, 9.17) is 18.9 Å². The SMILES string of the molecule is COc1cc(C(=O)COC(=O)C23CC4CC(CC(C4)C2)C3)cc(OC)c1OC. The molecule has 28 heavy (non-hydrogen) atoms. The van der Waals surface area contributed by atoms with Gasteiger partial charge in [-0.25, -0.2) is 0 Å². The molecule has 6 heteroatoms. The van der Waals surface area contributed by atoms with Crippen molar-refractivity contribution in [1.82, 2.24) is 0 Å². The highest BCUT2D eigenvalue weighted by molar-refractivity contribution is 5.99. The minimum Gasteiger partial charge on any atom is -0.493 e. The van der Waals surface area contributed by atoms with Crippen molar-refractivity contribution in [2.24, 2.45) is 23.2 Å². The number of carbonyl (C=O) groups excluding carboxylic acids is 2. The summed E-state index contributed by atoms with van der Waals surface area (Å²) in [6.07, 6.45) is 6.56. The van der Waals surface area contributed by atoms with Gasteiger partial charge in [-0.2, -0.15) is 0 Å². The quantitative estimate of drug-likeness (QED) is 0.524. The fraction of sp³-hybridized carbons (Fsp3) is 0.636. The normalized spacial score (nSPS) is 30.0. The molecule has 0 aliphatic heterocycles. The Balaban J connectivity index is 1.45. The van der Waals surface area contributed by atoms with Gasteiger partial charge in [0.1, 0.15) is 0 Å². The molecule has 1 aromatic rings. The van der Waals surface area contributed by atoms with Crippen LogP contribution in [0, 0.1) is 23.2 Å². The molecule has 0 atom stereocenters. The van der Waals surface area contributed by atoms with Crippen molar-refractivity contribution in [3.8, 4) is 17.2 Å². The second kappa shape index (κ2) is 7.30. The van der Waals surface area contributed by atoms with Gasteiger partial charge in [0, 0.05) is 5.56 Å². The molecule has 0 spiro atoms. The minimum absolute atomic E-state index is 0.188.